The first-order valence-electron chi connectivity index (χ1n) is 14.4. The molecule has 0 radical (unpaired) electrons. The lowest BCUT2D eigenvalue weighted by molar-refractivity contribution is -0.295. The number of carbonyl (C=O) groups is 4. The minimum atomic E-state index is -2.52. The van der Waals surface area contributed by atoms with Crippen molar-refractivity contribution in [3.8, 4) is 0 Å². The van der Waals surface area contributed by atoms with Crippen molar-refractivity contribution in [3.05, 3.63) is 108 Å². The second kappa shape index (κ2) is 16.4. The standard InChI is InChI=1S/C33H34O11S2/c1-39-33-29(44-32(37)24-17-10-5-11-18-24)28(43-31(36)23-15-8-4-9-16-23)27(42-26(34)19-12-20-46(2,38)45)25(41-33)21-40-30(35)22-13-6-3-7-14-22/h3-11,13-18,25,27-29,33H,12,19-21H2,1-2H3. The van der Waals surface area contributed by atoms with E-state index in [0.29, 0.717) is 0 Å². The van der Waals surface area contributed by atoms with Crippen molar-refractivity contribution in [3.63, 3.8) is 0 Å². The summed E-state index contributed by atoms with van der Waals surface area (Å²) in [6, 6.07) is 24.3. The molecule has 0 aliphatic carbocycles. The molecule has 0 amide bonds. The zero-order chi connectivity index (χ0) is 33.1. The molecule has 4 rings (SSSR count). The van der Waals surface area contributed by atoms with Crippen LogP contribution < -0.4 is 0 Å². The van der Waals surface area contributed by atoms with Crippen molar-refractivity contribution >= 4 is 43.6 Å². The zero-order valence-electron chi connectivity index (χ0n) is 25.2. The summed E-state index contributed by atoms with van der Waals surface area (Å²) in [4.78, 5) is 52.5. The van der Waals surface area contributed by atoms with Gasteiger partial charge in [0.1, 0.15) is 12.7 Å². The first kappa shape index (κ1) is 34.7. The highest BCUT2D eigenvalue weighted by Gasteiger charge is 2.53. The fourth-order valence-electron chi connectivity index (χ4n) is 4.64. The molecule has 3 aromatic rings. The number of carbonyl (C=O) groups excluding carboxylic acids is 4. The molecule has 1 saturated heterocycles. The fraction of sp³-hybridized carbons (Fsp3) is 0.333. The van der Waals surface area contributed by atoms with Crippen LogP contribution in [0.2, 0.25) is 0 Å². The van der Waals surface area contributed by atoms with E-state index >= 15 is 0 Å². The fourth-order valence-corrected chi connectivity index (χ4v) is 5.66. The van der Waals surface area contributed by atoms with Crippen LogP contribution in [0.5, 0.6) is 0 Å². The van der Waals surface area contributed by atoms with E-state index < -0.39 is 69.7 Å². The summed E-state index contributed by atoms with van der Waals surface area (Å²) >= 11 is 4.94. The Hall–Kier alpha value is -4.17. The third-order valence-corrected chi connectivity index (χ3v) is 8.41. The van der Waals surface area contributed by atoms with Crippen LogP contribution in [0.25, 0.3) is 0 Å². The van der Waals surface area contributed by atoms with Crippen molar-refractivity contribution in [1.82, 2.24) is 0 Å². The summed E-state index contributed by atoms with van der Waals surface area (Å²) in [6.45, 7) is -0.445. The molecule has 0 aromatic heterocycles. The Morgan fingerprint density at radius 3 is 1.67 bits per heavy atom. The smallest absolute Gasteiger partial charge is 0.338 e. The molecule has 1 fully saturated rings. The molecule has 46 heavy (non-hydrogen) atoms. The van der Waals surface area contributed by atoms with Gasteiger partial charge in [-0.1, -0.05) is 54.6 Å². The Morgan fingerprint density at radius 1 is 0.717 bits per heavy atom. The number of hydrogen-bond acceptors (Lipinski definition) is 12. The Kier molecular flexibility index (Phi) is 12.4. The maximum atomic E-state index is 13.4. The van der Waals surface area contributed by atoms with E-state index in [1.54, 1.807) is 66.7 Å². The molecule has 6 unspecified atom stereocenters. The Labute approximate surface area is 271 Å². The zero-order valence-corrected chi connectivity index (χ0v) is 26.8. The van der Waals surface area contributed by atoms with Crippen LogP contribution in [0, 0.1) is 0 Å². The summed E-state index contributed by atoms with van der Waals surface area (Å²) in [7, 11) is -1.23. The Balaban J connectivity index is 1.67. The molecular weight excluding hydrogens is 636 g/mol. The monoisotopic (exact) mass is 670 g/mol. The lowest BCUT2D eigenvalue weighted by Gasteiger charge is -2.44. The maximum Gasteiger partial charge on any atom is 0.338 e. The highest BCUT2D eigenvalue weighted by Crippen LogP contribution is 2.31. The van der Waals surface area contributed by atoms with E-state index in [9.17, 15) is 23.4 Å². The van der Waals surface area contributed by atoms with Crippen LogP contribution in [0.15, 0.2) is 91.0 Å². The lowest BCUT2D eigenvalue weighted by Crippen LogP contribution is -2.63. The topological polar surface area (TPSA) is 141 Å². The SMILES string of the molecule is COC1OC(COC(=O)c2ccccc2)C(OC(=O)CCCS(C)(=O)=S)C(OC(=O)c2ccccc2)C1OC(=O)c1ccccc1. The number of hydrogen-bond donors (Lipinski definition) is 0. The van der Waals surface area contributed by atoms with Gasteiger partial charge in [-0.25, -0.2) is 14.4 Å². The van der Waals surface area contributed by atoms with Gasteiger partial charge in [-0.05, 0) is 54.0 Å². The molecule has 11 nitrogen and oxygen atoms in total. The summed E-state index contributed by atoms with van der Waals surface area (Å²) in [5.41, 5.74) is 0.644. The van der Waals surface area contributed by atoms with Crippen molar-refractivity contribution in [1.29, 1.82) is 0 Å². The third-order valence-electron chi connectivity index (χ3n) is 6.88. The van der Waals surface area contributed by atoms with Crippen LogP contribution in [0.4, 0.5) is 0 Å². The van der Waals surface area contributed by atoms with E-state index in [2.05, 4.69) is 0 Å². The van der Waals surface area contributed by atoms with Crippen LogP contribution >= 0.6 is 0 Å². The third kappa shape index (κ3) is 9.91. The molecule has 13 heteroatoms. The number of esters is 4. The molecule has 3 aromatic carbocycles. The minimum Gasteiger partial charge on any atom is -0.459 e. The molecule has 1 aliphatic heterocycles. The summed E-state index contributed by atoms with van der Waals surface area (Å²) in [5.74, 6) is -2.91. The van der Waals surface area contributed by atoms with Crippen LogP contribution in [0.1, 0.15) is 43.9 Å². The van der Waals surface area contributed by atoms with Gasteiger partial charge in [-0.15, -0.1) is 0 Å². The molecule has 0 N–H and O–H groups in total. The largest absolute Gasteiger partial charge is 0.459 e. The summed E-state index contributed by atoms with van der Waals surface area (Å²) < 4.78 is 46.6. The quantitative estimate of drug-likeness (QED) is 0.193. The minimum absolute atomic E-state index is 0.103. The highest BCUT2D eigenvalue weighted by atomic mass is 32.8. The van der Waals surface area contributed by atoms with Gasteiger partial charge in [0.2, 0.25) is 0 Å². The molecule has 1 heterocycles. The van der Waals surface area contributed by atoms with Gasteiger partial charge in [0.05, 0.1) is 16.7 Å². The number of benzene rings is 3. The van der Waals surface area contributed by atoms with Crippen LogP contribution in [-0.4, -0.2) is 84.5 Å². The normalized spacial score (nSPS) is 22.1. The molecule has 0 saturated carbocycles. The van der Waals surface area contributed by atoms with Crippen molar-refractivity contribution in [2.75, 3.05) is 25.7 Å². The van der Waals surface area contributed by atoms with Gasteiger partial charge in [-0.2, -0.15) is 0 Å². The molecule has 0 bridgehead atoms. The van der Waals surface area contributed by atoms with E-state index in [1.807, 2.05) is 0 Å². The average molecular weight is 671 g/mol. The lowest BCUT2D eigenvalue weighted by atomic mass is 9.97. The summed E-state index contributed by atoms with van der Waals surface area (Å²) in [5, 5.41) is 0. The second-order valence-electron chi connectivity index (χ2n) is 10.4. The Morgan fingerprint density at radius 2 is 1.20 bits per heavy atom. The molecule has 6 atom stereocenters. The number of methoxy groups -OCH3 is 1. The number of ether oxygens (including phenoxy) is 6. The number of rotatable bonds is 13. The van der Waals surface area contributed by atoms with E-state index in [4.69, 9.17) is 39.6 Å². The molecule has 0 spiro atoms. The maximum absolute atomic E-state index is 13.4. The van der Waals surface area contributed by atoms with Gasteiger partial charge < -0.3 is 28.4 Å². The highest BCUT2D eigenvalue weighted by molar-refractivity contribution is 8.32. The van der Waals surface area contributed by atoms with Gasteiger partial charge in [0, 0.05) is 34.0 Å². The summed E-state index contributed by atoms with van der Waals surface area (Å²) in [6.07, 6.45) is -5.48. The van der Waals surface area contributed by atoms with Crippen molar-refractivity contribution in [2.24, 2.45) is 0 Å². The first-order chi connectivity index (χ1) is 22.1. The van der Waals surface area contributed by atoms with E-state index in [-0.39, 0.29) is 35.3 Å². The molecule has 244 valence electrons. The van der Waals surface area contributed by atoms with Crippen LogP contribution in [-0.2, 0) is 52.9 Å². The van der Waals surface area contributed by atoms with Crippen molar-refractivity contribution < 1.29 is 51.8 Å². The van der Waals surface area contributed by atoms with E-state index in [1.165, 1.54) is 37.6 Å². The molecule has 1 aliphatic rings. The molecular formula is C33H34O11S2. The predicted molar refractivity (Wildman–Crippen MR) is 169 cm³/mol. The van der Waals surface area contributed by atoms with E-state index in [0.717, 1.165) is 0 Å². The van der Waals surface area contributed by atoms with Crippen LogP contribution in [0.3, 0.4) is 0 Å². The van der Waals surface area contributed by atoms with Gasteiger partial charge >= 0.3 is 23.9 Å². The van der Waals surface area contributed by atoms with Crippen molar-refractivity contribution in [2.45, 2.75) is 43.5 Å². The predicted octanol–water partition coefficient (Wildman–Crippen LogP) is 3.73. The van der Waals surface area contributed by atoms with Gasteiger partial charge in [-0.3, -0.25) is 9.00 Å². The average Bonchev–Trinajstić information content (AvgIpc) is 3.06. The van der Waals surface area contributed by atoms with Gasteiger partial charge in [0.25, 0.3) is 0 Å². The van der Waals surface area contributed by atoms with Gasteiger partial charge in [0.15, 0.2) is 24.6 Å². The Bertz CT molecular complexity index is 1580. The second-order valence-corrected chi connectivity index (χ2v) is 14.8. The first-order valence-corrected chi connectivity index (χ1v) is 17.4.